The molecule has 1 saturated heterocycles. The smallest absolute Gasteiger partial charge is 0.279 e. The molecular formula is C22H31N7O5S. The Morgan fingerprint density at radius 2 is 1.94 bits per heavy atom. The number of nitrogens with zero attached hydrogens (tertiary/aromatic N) is 5. The summed E-state index contributed by atoms with van der Waals surface area (Å²) in [5, 5.41) is 6.97. The van der Waals surface area contributed by atoms with Gasteiger partial charge in [0.05, 0.1) is 24.1 Å². The summed E-state index contributed by atoms with van der Waals surface area (Å²) in [6.07, 6.45) is 2.41. The van der Waals surface area contributed by atoms with Crippen molar-refractivity contribution in [3.63, 3.8) is 0 Å². The van der Waals surface area contributed by atoms with Crippen LogP contribution >= 0.6 is 0 Å². The van der Waals surface area contributed by atoms with Gasteiger partial charge in [-0.05, 0) is 26.5 Å². The minimum atomic E-state index is -3.80. The van der Waals surface area contributed by atoms with E-state index in [9.17, 15) is 13.2 Å². The first-order valence-corrected chi connectivity index (χ1v) is 13.0. The summed E-state index contributed by atoms with van der Waals surface area (Å²) in [4.78, 5) is 26.6. The first-order valence-electron chi connectivity index (χ1n) is 11.6. The molecule has 0 bridgehead atoms. The van der Waals surface area contributed by atoms with E-state index in [0.717, 1.165) is 12.1 Å². The van der Waals surface area contributed by atoms with Crippen molar-refractivity contribution in [1.82, 2.24) is 34.4 Å². The lowest BCUT2D eigenvalue weighted by molar-refractivity contribution is 0.0893. The van der Waals surface area contributed by atoms with Crippen molar-refractivity contribution in [2.45, 2.75) is 37.7 Å². The number of pyridine rings is 1. The largest absolute Gasteiger partial charge is 0.472 e. The number of likely N-dealkylation sites (N-methyl/N-ethyl adjacent to an activating group) is 1. The Bertz CT molecular complexity index is 1350. The molecule has 3 aromatic heterocycles. The van der Waals surface area contributed by atoms with Crippen LogP contribution in [-0.2, 0) is 21.2 Å². The fraction of sp³-hybridized carbons (Fsp3) is 0.545. The molecule has 1 unspecified atom stereocenters. The third-order valence-corrected chi connectivity index (χ3v) is 7.74. The maximum atomic E-state index is 13.4. The van der Waals surface area contributed by atoms with Crippen LogP contribution in [0.15, 0.2) is 22.0 Å². The molecule has 0 radical (unpaired) electrons. The Kier molecular flexibility index (Phi) is 7.50. The monoisotopic (exact) mass is 505 g/mol. The zero-order chi connectivity index (χ0) is 25.2. The predicted molar refractivity (Wildman–Crippen MR) is 130 cm³/mol. The summed E-state index contributed by atoms with van der Waals surface area (Å²) in [6.45, 7) is 6.16. The number of fused-ring (bicyclic) bond motifs is 1. The molecule has 1 aliphatic rings. The van der Waals surface area contributed by atoms with Crippen molar-refractivity contribution in [2.75, 3.05) is 46.9 Å². The Morgan fingerprint density at radius 1 is 1.20 bits per heavy atom. The van der Waals surface area contributed by atoms with Crippen molar-refractivity contribution >= 4 is 21.1 Å². The van der Waals surface area contributed by atoms with Crippen molar-refractivity contribution < 1.29 is 17.9 Å². The molecule has 3 aromatic rings. The topological polar surface area (TPSA) is 146 Å². The lowest BCUT2D eigenvalue weighted by atomic mass is 10.2. The van der Waals surface area contributed by atoms with Crippen LogP contribution in [-0.4, -0.2) is 95.8 Å². The van der Waals surface area contributed by atoms with Crippen molar-refractivity contribution in [2.24, 2.45) is 0 Å². The molecule has 0 spiro atoms. The quantitative estimate of drug-likeness (QED) is 0.435. The van der Waals surface area contributed by atoms with Crippen LogP contribution in [0.25, 0.3) is 22.4 Å². The van der Waals surface area contributed by atoms with Crippen LogP contribution < -0.4 is 10.3 Å². The van der Waals surface area contributed by atoms with Crippen molar-refractivity contribution in [3.8, 4) is 17.3 Å². The number of piperazine rings is 1. The normalized spacial score (nSPS) is 16.6. The highest BCUT2D eigenvalue weighted by molar-refractivity contribution is 7.89. The van der Waals surface area contributed by atoms with E-state index in [-0.39, 0.29) is 33.8 Å². The van der Waals surface area contributed by atoms with Gasteiger partial charge in [-0.15, -0.1) is 0 Å². The highest BCUT2D eigenvalue weighted by Gasteiger charge is 2.29. The number of methoxy groups -OCH3 is 1. The van der Waals surface area contributed by atoms with Crippen LogP contribution in [0.4, 0.5) is 0 Å². The summed E-state index contributed by atoms with van der Waals surface area (Å²) in [7, 11) is -0.292. The molecule has 12 nitrogen and oxygen atoms in total. The van der Waals surface area contributed by atoms with Crippen molar-refractivity contribution in [3.05, 3.63) is 28.3 Å². The van der Waals surface area contributed by atoms with Gasteiger partial charge in [-0.1, -0.05) is 13.3 Å². The standard InChI is InChI=1S/C22H31N7O5S/c1-5-6-17-18-19(27-26-17)21(30)25-20(24-18)16-11-15(12-23-22(16)34-14(2)13-33-4)35(31,32)29-9-7-28(3)8-10-29/h11-12,14H,5-10,13H2,1-4H3,(H,26,27)(H,24,25,30). The van der Waals surface area contributed by atoms with Crippen LogP contribution in [0, 0.1) is 0 Å². The van der Waals surface area contributed by atoms with Crippen LogP contribution in [0.5, 0.6) is 5.88 Å². The van der Waals surface area contributed by atoms with Gasteiger partial charge in [0.2, 0.25) is 15.9 Å². The fourth-order valence-corrected chi connectivity index (χ4v) is 5.38. The average molecular weight is 506 g/mol. The average Bonchev–Trinajstić information content (AvgIpc) is 3.23. The number of aromatic amines is 2. The number of sulfonamides is 1. The molecule has 0 aliphatic carbocycles. The number of H-pyrrole nitrogens is 2. The molecule has 13 heteroatoms. The number of aromatic nitrogens is 5. The van der Waals surface area contributed by atoms with E-state index < -0.39 is 15.6 Å². The Hall–Kier alpha value is -2.87. The maximum absolute atomic E-state index is 13.4. The minimum absolute atomic E-state index is 0.00696. The van der Waals surface area contributed by atoms with E-state index in [1.807, 2.05) is 14.0 Å². The Morgan fingerprint density at radius 3 is 2.63 bits per heavy atom. The van der Waals surface area contributed by atoms with Gasteiger partial charge in [-0.25, -0.2) is 18.4 Å². The van der Waals surface area contributed by atoms with Gasteiger partial charge in [0.15, 0.2) is 5.52 Å². The number of aryl methyl sites for hydroxylation is 1. The first kappa shape index (κ1) is 25.2. The predicted octanol–water partition coefficient (Wildman–Crippen LogP) is 1.01. The highest BCUT2D eigenvalue weighted by atomic mass is 32.2. The number of hydrogen-bond donors (Lipinski definition) is 2. The van der Waals surface area contributed by atoms with E-state index in [0.29, 0.717) is 44.7 Å². The molecule has 0 amide bonds. The summed E-state index contributed by atoms with van der Waals surface area (Å²) in [5.41, 5.74) is 1.20. The van der Waals surface area contributed by atoms with Crippen molar-refractivity contribution in [1.29, 1.82) is 0 Å². The molecule has 0 aromatic carbocycles. The Balaban J connectivity index is 1.83. The molecular weight excluding hydrogens is 474 g/mol. The summed E-state index contributed by atoms with van der Waals surface area (Å²) in [6, 6.07) is 1.46. The van der Waals surface area contributed by atoms with Gasteiger partial charge in [0, 0.05) is 33.3 Å². The summed E-state index contributed by atoms with van der Waals surface area (Å²) >= 11 is 0. The molecule has 1 atom stereocenters. The second-order valence-electron chi connectivity index (χ2n) is 8.68. The van der Waals surface area contributed by atoms with Gasteiger partial charge < -0.3 is 19.4 Å². The fourth-order valence-electron chi connectivity index (χ4n) is 3.98. The SMILES string of the molecule is CCCc1[nH]nc2c(=O)[nH]c(-c3cc(S(=O)(=O)N4CCN(C)CC4)cnc3OC(C)COC)nc12. The van der Waals surface area contributed by atoms with E-state index in [1.54, 1.807) is 14.0 Å². The number of ether oxygens (including phenoxy) is 2. The van der Waals surface area contributed by atoms with Crippen LogP contribution in [0.3, 0.4) is 0 Å². The zero-order valence-corrected chi connectivity index (χ0v) is 21.2. The molecule has 2 N–H and O–H groups in total. The van der Waals surface area contributed by atoms with Gasteiger partial charge in [-0.2, -0.15) is 9.40 Å². The van der Waals surface area contributed by atoms with Gasteiger partial charge in [-0.3, -0.25) is 9.89 Å². The molecule has 1 aliphatic heterocycles. The minimum Gasteiger partial charge on any atom is -0.472 e. The second-order valence-corrected chi connectivity index (χ2v) is 10.6. The number of nitrogens with one attached hydrogen (secondary N) is 2. The molecule has 190 valence electrons. The van der Waals surface area contributed by atoms with Gasteiger partial charge in [0.25, 0.3) is 5.56 Å². The highest BCUT2D eigenvalue weighted by Crippen LogP contribution is 2.30. The lowest BCUT2D eigenvalue weighted by Gasteiger charge is -2.31. The van der Waals surface area contributed by atoms with E-state index in [1.165, 1.54) is 16.6 Å². The molecule has 4 rings (SSSR count). The molecule has 4 heterocycles. The number of hydrogen-bond acceptors (Lipinski definition) is 9. The van der Waals surface area contributed by atoms with E-state index >= 15 is 0 Å². The zero-order valence-electron chi connectivity index (χ0n) is 20.4. The third kappa shape index (κ3) is 5.22. The Labute approximate surface area is 203 Å². The summed E-state index contributed by atoms with van der Waals surface area (Å²) in [5.74, 6) is 0.304. The van der Waals surface area contributed by atoms with Crippen LogP contribution in [0.1, 0.15) is 26.0 Å². The maximum Gasteiger partial charge on any atom is 0.279 e. The second kappa shape index (κ2) is 10.4. The van der Waals surface area contributed by atoms with Gasteiger partial charge in [0.1, 0.15) is 22.3 Å². The van der Waals surface area contributed by atoms with Crippen LogP contribution in [0.2, 0.25) is 0 Å². The number of rotatable bonds is 9. The summed E-state index contributed by atoms with van der Waals surface area (Å²) < 4.78 is 39.3. The third-order valence-electron chi connectivity index (χ3n) is 5.88. The van der Waals surface area contributed by atoms with E-state index in [2.05, 4.69) is 30.0 Å². The first-order chi connectivity index (χ1) is 16.7. The molecule has 0 saturated carbocycles. The lowest BCUT2D eigenvalue weighted by Crippen LogP contribution is -2.47. The van der Waals surface area contributed by atoms with Gasteiger partial charge >= 0.3 is 0 Å². The van der Waals surface area contributed by atoms with E-state index in [4.69, 9.17) is 9.47 Å². The molecule has 1 fully saturated rings. The molecule has 35 heavy (non-hydrogen) atoms.